The number of aliphatic hydroxyl groups excluding tert-OH is 3. The molecule has 150 valence electrons. The summed E-state index contributed by atoms with van der Waals surface area (Å²) in [6.45, 7) is 3.08. The van der Waals surface area contributed by atoms with E-state index in [2.05, 4.69) is 6.92 Å². The third kappa shape index (κ3) is 2.27. The summed E-state index contributed by atoms with van der Waals surface area (Å²) in [5.74, 6) is -0.726. The van der Waals surface area contributed by atoms with Crippen molar-refractivity contribution in [3.63, 3.8) is 0 Å². The average Bonchev–Trinajstić information content (AvgIpc) is 2.82. The second kappa shape index (κ2) is 5.96. The smallest absolute Gasteiger partial charge is 0.192 e. The third-order valence-electron chi connectivity index (χ3n) is 8.69. The zero-order valence-corrected chi connectivity index (χ0v) is 16.0. The first-order valence-corrected chi connectivity index (χ1v) is 10.1. The van der Waals surface area contributed by atoms with Crippen LogP contribution in [0.5, 0.6) is 0 Å². The highest BCUT2D eigenvalue weighted by atomic mass is 16.4. The van der Waals surface area contributed by atoms with Crippen molar-refractivity contribution in [2.75, 3.05) is 6.61 Å². The van der Waals surface area contributed by atoms with Crippen LogP contribution in [0, 0.1) is 28.6 Å². The normalized spacial score (nSPS) is 51.9. The van der Waals surface area contributed by atoms with E-state index in [4.69, 9.17) is 0 Å². The third-order valence-corrected chi connectivity index (χ3v) is 8.69. The summed E-state index contributed by atoms with van der Waals surface area (Å²) < 4.78 is 0. The SMILES string of the molecule is C[C@]12CCC(=O)C=C1CC[C@@H]1[C@@H]2[C@@H](O)C[C@@]2(C)[C@H]1C[C@H](O)[C@]2(O)C(=O)CO. The van der Waals surface area contributed by atoms with E-state index >= 15 is 0 Å². The van der Waals surface area contributed by atoms with E-state index in [9.17, 15) is 30.0 Å². The Kier molecular flexibility index (Phi) is 4.25. The Morgan fingerprint density at radius 2 is 1.96 bits per heavy atom. The quantitative estimate of drug-likeness (QED) is 0.564. The second-order valence-electron chi connectivity index (χ2n) is 9.68. The van der Waals surface area contributed by atoms with Crippen molar-refractivity contribution >= 4 is 11.6 Å². The van der Waals surface area contributed by atoms with Gasteiger partial charge in [0.05, 0.1) is 12.2 Å². The van der Waals surface area contributed by atoms with Gasteiger partial charge in [-0.05, 0) is 61.3 Å². The Balaban J connectivity index is 1.77. The van der Waals surface area contributed by atoms with Gasteiger partial charge >= 0.3 is 0 Å². The van der Waals surface area contributed by atoms with Crippen molar-refractivity contribution in [1.29, 1.82) is 0 Å². The lowest BCUT2D eigenvalue weighted by Crippen LogP contribution is -2.64. The minimum absolute atomic E-state index is 0.0533. The summed E-state index contributed by atoms with van der Waals surface area (Å²) in [6, 6.07) is 0. The van der Waals surface area contributed by atoms with Gasteiger partial charge < -0.3 is 20.4 Å². The van der Waals surface area contributed by atoms with E-state index in [1.165, 1.54) is 0 Å². The van der Waals surface area contributed by atoms with Crippen LogP contribution >= 0.6 is 0 Å². The lowest BCUT2D eigenvalue weighted by atomic mass is 9.45. The van der Waals surface area contributed by atoms with Gasteiger partial charge in [0.15, 0.2) is 17.2 Å². The summed E-state index contributed by atoms with van der Waals surface area (Å²) in [7, 11) is 0. The molecule has 4 aliphatic rings. The minimum Gasteiger partial charge on any atom is -0.393 e. The van der Waals surface area contributed by atoms with Crippen LogP contribution in [0.1, 0.15) is 52.4 Å². The summed E-state index contributed by atoms with van der Waals surface area (Å²) in [5, 5.41) is 42.4. The molecule has 27 heavy (non-hydrogen) atoms. The standard InChI is InChI=1S/C21H30O6/c1-19-6-5-12(23)7-11(19)3-4-13-14-8-16(25)21(27,17(26)10-22)20(14,2)9-15(24)18(13)19/h7,13-16,18,22,24-25,27H,3-6,8-10H2,1-2H3/t13-,14-,15-,16-,18+,19-,20-,21-/m0/s1. The van der Waals surface area contributed by atoms with Crippen LogP contribution in [0.2, 0.25) is 0 Å². The van der Waals surface area contributed by atoms with Crippen LogP contribution in [0.15, 0.2) is 11.6 Å². The highest BCUT2D eigenvalue weighted by molar-refractivity contribution is 5.92. The van der Waals surface area contributed by atoms with Gasteiger partial charge in [0.1, 0.15) is 6.61 Å². The molecule has 4 aliphatic carbocycles. The topological polar surface area (TPSA) is 115 Å². The predicted octanol–water partition coefficient (Wildman–Crippen LogP) is 0.752. The zero-order chi connectivity index (χ0) is 19.8. The molecule has 6 nitrogen and oxygen atoms in total. The molecule has 0 amide bonds. The van der Waals surface area contributed by atoms with Crippen LogP contribution in [0.25, 0.3) is 0 Å². The molecule has 6 heteroatoms. The second-order valence-corrected chi connectivity index (χ2v) is 9.68. The fourth-order valence-corrected chi connectivity index (χ4v) is 7.32. The number of hydrogen-bond acceptors (Lipinski definition) is 6. The van der Waals surface area contributed by atoms with Gasteiger partial charge in [-0.1, -0.05) is 19.4 Å². The van der Waals surface area contributed by atoms with Crippen LogP contribution in [0.3, 0.4) is 0 Å². The molecule has 0 aromatic rings. The Labute approximate surface area is 159 Å². The fraction of sp³-hybridized carbons (Fsp3) is 0.810. The highest BCUT2D eigenvalue weighted by Crippen LogP contribution is 2.67. The van der Waals surface area contributed by atoms with Crippen molar-refractivity contribution in [2.24, 2.45) is 28.6 Å². The number of aliphatic hydroxyl groups is 4. The minimum atomic E-state index is -2.03. The van der Waals surface area contributed by atoms with E-state index in [0.717, 1.165) is 18.4 Å². The first-order chi connectivity index (χ1) is 12.6. The Morgan fingerprint density at radius 3 is 2.63 bits per heavy atom. The maximum Gasteiger partial charge on any atom is 0.192 e. The zero-order valence-electron chi connectivity index (χ0n) is 16.0. The molecule has 0 radical (unpaired) electrons. The number of allylic oxidation sites excluding steroid dienone is 1. The molecule has 3 saturated carbocycles. The maximum absolute atomic E-state index is 12.4. The van der Waals surface area contributed by atoms with Crippen molar-refractivity contribution in [3.05, 3.63) is 11.6 Å². The van der Waals surface area contributed by atoms with Crippen molar-refractivity contribution in [2.45, 2.75) is 70.2 Å². The molecule has 0 unspecified atom stereocenters. The Bertz CT molecular complexity index is 715. The van der Waals surface area contributed by atoms with Gasteiger partial charge in [-0.2, -0.15) is 0 Å². The van der Waals surface area contributed by atoms with Gasteiger partial charge in [0.2, 0.25) is 0 Å². The Hall–Kier alpha value is -1.08. The highest BCUT2D eigenvalue weighted by Gasteiger charge is 2.71. The number of ketones is 2. The molecule has 0 aromatic heterocycles. The molecule has 8 atom stereocenters. The lowest BCUT2D eigenvalue weighted by Gasteiger charge is -2.60. The number of hydrogen-bond donors (Lipinski definition) is 4. The van der Waals surface area contributed by atoms with Gasteiger partial charge in [0.25, 0.3) is 0 Å². The van der Waals surface area contributed by atoms with Crippen LogP contribution in [-0.2, 0) is 9.59 Å². The van der Waals surface area contributed by atoms with Gasteiger partial charge in [-0.3, -0.25) is 9.59 Å². The molecule has 0 aromatic carbocycles. The molecule has 0 bridgehead atoms. The monoisotopic (exact) mass is 378 g/mol. The Morgan fingerprint density at radius 1 is 1.26 bits per heavy atom. The van der Waals surface area contributed by atoms with Crippen molar-refractivity contribution in [1.82, 2.24) is 0 Å². The van der Waals surface area contributed by atoms with E-state index in [1.807, 2.05) is 0 Å². The van der Waals surface area contributed by atoms with E-state index < -0.39 is 35.6 Å². The number of rotatable bonds is 2. The number of fused-ring (bicyclic) bond motifs is 5. The van der Waals surface area contributed by atoms with Gasteiger partial charge in [-0.15, -0.1) is 0 Å². The average molecular weight is 378 g/mol. The lowest BCUT2D eigenvalue weighted by molar-refractivity contribution is -0.193. The fourth-order valence-electron chi connectivity index (χ4n) is 7.32. The van der Waals surface area contributed by atoms with Crippen molar-refractivity contribution < 1.29 is 30.0 Å². The molecule has 0 aliphatic heterocycles. The molecular formula is C21H30O6. The number of carbonyl (C=O) groups excluding carboxylic acids is 2. The van der Waals surface area contributed by atoms with Crippen LogP contribution < -0.4 is 0 Å². The number of carbonyl (C=O) groups is 2. The largest absolute Gasteiger partial charge is 0.393 e. The summed E-state index contributed by atoms with van der Waals surface area (Å²) >= 11 is 0. The molecular weight excluding hydrogens is 348 g/mol. The molecule has 0 spiro atoms. The van der Waals surface area contributed by atoms with E-state index in [-0.39, 0.29) is 35.4 Å². The van der Waals surface area contributed by atoms with E-state index in [0.29, 0.717) is 19.3 Å². The number of Topliss-reactive ketones (excluding diaryl/α,β-unsaturated/α-hetero) is 1. The summed E-state index contributed by atoms with van der Waals surface area (Å²) in [5.41, 5.74) is -2.15. The molecule has 3 fully saturated rings. The summed E-state index contributed by atoms with van der Waals surface area (Å²) in [4.78, 5) is 24.3. The van der Waals surface area contributed by atoms with E-state index in [1.54, 1.807) is 13.0 Å². The van der Waals surface area contributed by atoms with Crippen LogP contribution in [0.4, 0.5) is 0 Å². The predicted molar refractivity (Wildman–Crippen MR) is 96.5 cm³/mol. The van der Waals surface area contributed by atoms with Gasteiger partial charge in [0, 0.05) is 11.8 Å². The molecule has 4 N–H and O–H groups in total. The van der Waals surface area contributed by atoms with Gasteiger partial charge in [-0.25, -0.2) is 0 Å². The van der Waals surface area contributed by atoms with Crippen LogP contribution in [-0.4, -0.2) is 56.4 Å². The molecule has 0 saturated heterocycles. The maximum atomic E-state index is 12.4. The van der Waals surface area contributed by atoms with Crippen molar-refractivity contribution in [3.8, 4) is 0 Å². The summed E-state index contributed by atoms with van der Waals surface area (Å²) in [6.07, 6.45) is 3.01. The first-order valence-electron chi connectivity index (χ1n) is 10.1. The first kappa shape index (κ1) is 19.2. The molecule has 0 heterocycles. The molecule has 4 rings (SSSR count).